The van der Waals surface area contributed by atoms with Crippen molar-refractivity contribution in [3.8, 4) is 0 Å². The molecular formula is C22H28N4O3S. The number of aromatic nitrogens is 1. The summed E-state index contributed by atoms with van der Waals surface area (Å²) in [7, 11) is 0. The smallest absolute Gasteiger partial charge is 0.407 e. The molecule has 1 fully saturated rings. The summed E-state index contributed by atoms with van der Waals surface area (Å²) >= 11 is 1.66. The van der Waals surface area contributed by atoms with Crippen molar-refractivity contribution in [2.24, 2.45) is 0 Å². The van der Waals surface area contributed by atoms with Crippen LogP contribution in [0.1, 0.15) is 25.3 Å². The SMILES string of the molecule is CCOC(=O)NC1CCCN(CC(=O)Nc2cccc(CSc3ccccn3)c2)C1. The number of benzene rings is 1. The van der Waals surface area contributed by atoms with Gasteiger partial charge in [0.2, 0.25) is 5.91 Å². The van der Waals surface area contributed by atoms with E-state index in [1.165, 1.54) is 0 Å². The largest absolute Gasteiger partial charge is 0.450 e. The van der Waals surface area contributed by atoms with Crippen molar-refractivity contribution >= 4 is 29.4 Å². The highest BCUT2D eigenvalue weighted by Gasteiger charge is 2.23. The monoisotopic (exact) mass is 428 g/mol. The maximum Gasteiger partial charge on any atom is 0.407 e. The van der Waals surface area contributed by atoms with Gasteiger partial charge in [0, 0.05) is 30.2 Å². The topological polar surface area (TPSA) is 83.6 Å². The minimum Gasteiger partial charge on any atom is -0.450 e. The van der Waals surface area contributed by atoms with E-state index in [0.717, 1.165) is 41.4 Å². The number of thioether (sulfide) groups is 1. The molecule has 160 valence electrons. The molecule has 1 aliphatic rings. The number of ether oxygens (including phenoxy) is 1. The average Bonchev–Trinajstić information content (AvgIpc) is 2.73. The van der Waals surface area contributed by atoms with E-state index >= 15 is 0 Å². The maximum atomic E-state index is 12.5. The number of pyridine rings is 1. The first-order chi connectivity index (χ1) is 14.6. The molecule has 1 atom stereocenters. The molecule has 1 aromatic heterocycles. The number of nitrogens with zero attached hydrogens (tertiary/aromatic N) is 2. The van der Waals surface area contributed by atoms with Gasteiger partial charge in [0.15, 0.2) is 0 Å². The van der Waals surface area contributed by atoms with Gasteiger partial charge in [-0.2, -0.15) is 0 Å². The molecule has 2 heterocycles. The van der Waals surface area contributed by atoms with Crippen molar-refractivity contribution in [1.29, 1.82) is 0 Å². The molecule has 0 saturated carbocycles. The Labute approximate surface area is 181 Å². The first-order valence-corrected chi connectivity index (χ1v) is 11.2. The van der Waals surface area contributed by atoms with Crippen LogP contribution in [0.15, 0.2) is 53.7 Å². The number of piperidine rings is 1. The maximum absolute atomic E-state index is 12.5. The Morgan fingerprint density at radius 3 is 2.97 bits per heavy atom. The van der Waals surface area contributed by atoms with Crippen molar-refractivity contribution in [3.05, 3.63) is 54.2 Å². The van der Waals surface area contributed by atoms with Gasteiger partial charge in [0.25, 0.3) is 0 Å². The number of anilines is 1. The van der Waals surface area contributed by atoms with E-state index in [0.29, 0.717) is 19.7 Å². The van der Waals surface area contributed by atoms with E-state index in [4.69, 9.17) is 4.74 Å². The van der Waals surface area contributed by atoms with Crippen LogP contribution in [0.2, 0.25) is 0 Å². The predicted octanol–water partition coefficient (Wildman–Crippen LogP) is 3.52. The second kappa shape index (κ2) is 11.6. The first-order valence-electron chi connectivity index (χ1n) is 10.2. The van der Waals surface area contributed by atoms with Crippen LogP contribution in [0, 0.1) is 0 Å². The third-order valence-corrected chi connectivity index (χ3v) is 5.72. The number of likely N-dealkylation sites (tertiary alicyclic amines) is 1. The van der Waals surface area contributed by atoms with Crippen molar-refractivity contribution in [2.75, 3.05) is 31.6 Å². The molecule has 0 spiro atoms. The molecule has 8 heteroatoms. The van der Waals surface area contributed by atoms with Gasteiger partial charge in [-0.15, -0.1) is 11.8 Å². The second-order valence-electron chi connectivity index (χ2n) is 7.14. The predicted molar refractivity (Wildman–Crippen MR) is 118 cm³/mol. The molecule has 0 aliphatic carbocycles. The Morgan fingerprint density at radius 2 is 2.17 bits per heavy atom. The molecular weight excluding hydrogens is 400 g/mol. The summed E-state index contributed by atoms with van der Waals surface area (Å²) in [5.74, 6) is 0.731. The minimum absolute atomic E-state index is 0.0116. The van der Waals surface area contributed by atoms with Gasteiger partial charge in [0.05, 0.1) is 18.2 Å². The summed E-state index contributed by atoms with van der Waals surface area (Å²) in [5.41, 5.74) is 1.91. The van der Waals surface area contributed by atoms with Gasteiger partial charge in [-0.25, -0.2) is 9.78 Å². The summed E-state index contributed by atoms with van der Waals surface area (Å²) in [6, 6.07) is 13.8. The zero-order valence-corrected chi connectivity index (χ0v) is 18.0. The van der Waals surface area contributed by atoms with Crippen LogP contribution in [-0.4, -0.2) is 54.2 Å². The number of amides is 2. The summed E-state index contributed by atoms with van der Waals surface area (Å²) in [6.45, 7) is 3.92. The Morgan fingerprint density at radius 1 is 1.27 bits per heavy atom. The van der Waals surface area contributed by atoms with E-state index in [9.17, 15) is 9.59 Å². The van der Waals surface area contributed by atoms with Gasteiger partial charge < -0.3 is 15.4 Å². The third kappa shape index (κ3) is 7.35. The number of carbonyl (C=O) groups is 2. The van der Waals surface area contributed by atoms with Gasteiger partial charge in [-0.1, -0.05) is 18.2 Å². The first kappa shape index (κ1) is 22.1. The normalized spacial score (nSPS) is 16.6. The van der Waals surface area contributed by atoms with E-state index in [2.05, 4.69) is 20.5 Å². The zero-order chi connectivity index (χ0) is 21.2. The van der Waals surface area contributed by atoms with Crippen molar-refractivity contribution in [2.45, 2.75) is 36.6 Å². The lowest BCUT2D eigenvalue weighted by Crippen LogP contribution is -2.49. The lowest BCUT2D eigenvalue weighted by molar-refractivity contribution is -0.117. The number of hydrogen-bond donors (Lipinski definition) is 2. The lowest BCUT2D eigenvalue weighted by Gasteiger charge is -2.32. The Balaban J connectivity index is 1.46. The van der Waals surface area contributed by atoms with Gasteiger partial charge in [-0.05, 0) is 56.1 Å². The Kier molecular flexibility index (Phi) is 8.53. The molecule has 7 nitrogen and oxygen atoms in total. The Hall–Kier alpha value is -2.58. The molecule has 1 saturated heterocycles. The number of hydrogen-bond acceptors (Lipinski definition) is 6. The fourth-order valence-corrected chi connectivity index (χ4v) is 4.19. The second-order valence-corrected chi connectivity index (χ2v) is 8.14. The molecule has 0 radical (unpaired) electrons. The van der Waals surface area contributed by atoms with Crippen LogP contribution in [0.3, 0.4) is 0 Å². The lowest BCUT2D eigenvalue weighted by atomic mass is 10.1. The molecule has 3 rings (SSSR count). The van der Waals surface area contributed by atoms with Crippen LogP contribution in [0.5, 0.6) is 0 Å². The van der Waals surface area contributed by atoms with Crippen molar-refractivity contribution < 1.29 is 14.3 Å². The van der Waals surface area contributed by atoms with E-state index < -0.39 is 6.09 Å². The highest BCUT2D eigenvalue weighted by molar-refractivity contribution is 7.98. The van der Waals surface area contributed by atoms with Gasteiger partial charge in [-0.3, -0.25) is 9.69 Å². The fourth-order valence-electron chi connectivity index (χ4n) is 3.39. The molecule has 0 bridgehead atoms. The average molecular weight is 429 g/mol. The van der Waals surface area contributed by atoms with Crippen LogP contribution < -0.4 is 10.6 Å². The number of carbonyl (C=O) groups excluding carboxylic acids is 2. The molecule has 1 aromatic carbocycles. The molecule has 1 aliphatic heterocycles. The molecule has 1 unspecified atom stereocenters. The minimum atomic E-state index is -0.394. The summed E-state index contributed by atoms with van der Waals surface area (Å²) < 4.78 is 4.95. The Bertz CT molecular complexity index is 834. The number of alkyl carbamates (subject to hydrolysis) is 1. The van der Waals surface area contributed by atoms with Crippen LogP contribution in [0.25, 0.3) is 0 Å². The van der Waals surface area contributed by atoms with E-state index in [1.807, 2.05) is 42.5 Å². The highest BCUT2D eigenvalue weighted by atomic mass is 32.2. The number of rotatable bonds is 8. The van der Waals surface area contributed by atoms with E-state index in [1.54, 1.807) is 24.9 Å². The summed E-state index contributed by atoms with van der Waals surface area (Å²) in [5, 5.41) is 6.83. The summed E-state index contributed by atoms with van der Waals surface area (Å²) in [6.07, 6.45) is 3.22. The highest BCUT2D eigenvalue weighted by Crippen LogP contribution is 2.22. The van der Waals surface area contributed by atoms with E-state index in [-0.39, 0.29) is 11.9 Å². The molecule has 2 aromatic rings. The van der Waals surface area contributed by atoms with Gasteiger partial charge in [0.1, 0.15) is 0 Å². The van der Waals surface area contributed by atoms with Crippen LogP contribution >= 0.6 is 11.8 Å². The third-order valence-electron chi connectivity index (χ3n) is 4.71. The van der Waals surface area contributed by atoms with Crippen LogP contribution in [0.4, 0.5) is 10.5 Å². The molecule has 2 amide bonds. The van der Waals surface area contributed by atoms with Gasteiger partial charge >= 0.3 is 6.09 Å². The fraction of sp³-hybridized carbons (Fsp3) is 0.409. The van der Waals surface area contributed by atoms with Crippen molar-refractivity contribution in [3.63, 3.8) is 0 Å². The standard InChI is InChI=1S/C22H28N4O3S/c1-2-29-22(28)25-19-9-6-12-26(14-19)15-20(27)24-18-8-5-7-17(13-18)16-30-21-10-3-4-11-23-21/h3-5,7-8,10-11,13,19H,2,6,9,12,14-16H2,1H3,(H,24,27)(H,25,28). The molecule has 2 N–H and O–H groups in total. The zero-order valence-electron chi connectivity index (χ0n) is 17.2. The van der Waals surface area contributed by atoms with Crippen LogP contribution in [-0.2, 0) is 15.3 Å². The molecule has 30 heavy (non-hydrogen) atoms. The quantitative estimate of drug-likeness (QED) is 0.626. The number of nitrogens with one attached hydrogen (secondary N) is 2. The summed E-state index contributed by atoms with van der Waals surface area (Å²) in [4.78, 5) is 30.5. The van der Waals surface area contributed by atoms with Crippen molar-refractivity contribution in [1.82, 2.24) is 15.2 Å².